The molecular weight excluding hydrogens is 381 g/mol. The molecule has 0 saturated heterocycles. The monoisotopic (exact) mass is 409 g/mol. The van der Waals surface area contributed by atoms with E-state index < -0.39 is 0 Å². The summed E-state index contributed by atoms with van der Waals surface area (Å²) in [5, 5.41) is 7.32. The van der Waals surface area contributed by atoms with Crippen LogP contribution in [0.1, 0.15) is 31.0 Å². The molecule has 1 N–H and O–H groups in total. The van der Waals surface area contributed by atoms with Gasteiger partial charge in [-0.05, 0) is 68.1 Å². The average molecular weight is 410 g/mol. The topological polar surface area (TPSA) is 58.2 Å². The van der Waals surface area contributed by atoms with Gasteiger partial charge in [-0.2, -0.15) is 5.10 Å². The van der Waals surface area contributed by atoms with Gasteiger partial charge in [-0.15, -0.1) is 0 Å². The van der Waals surface area contributed by atoms with Gasteiger partial charge in [0.1, 0.15) is 11.6 Å². The third-order valence-corrected chi connectivity index (χ3v) is 5.02. The van der Waals surface area contributed by atoms with Crippen molar-refractivity contribution < 1.29 is 13.9 Å². The minimum atomic E-state index is -0.261. The van der Waals surface area contributed by atoms with Crippen LogP contribution in [0.25, 0.3) is 11.3 Å². The van der Waals surface area contributed by atoms with Crippen molar-refractivity contribution in [2.75, 3.05) is 20.2 Å². The van der Waals surface area contributed by atoms with Crippen molar-refractivity contribution >= 4 is 5.91 Å². The number of aromatic nitrogens is 2. The second-order valence-electron chi connectivity index (χ2n) is 7.24. The van der Waals surface area contributed by atoms with Gasteiger partial charge in [0.25, 0.3) is 0 Å². The van der Waals surface area contributed by atoms with E-state index in [1.165, 1.54) is 12.1 Å². The number of aryl methyl sites for hydroxylation is 2. The van der Waals surface area contributed by atoms with Gasteiger partial charge in [0, 0.05) is 31.3 Å². The van der Waals surface area contributed by atoms with Gasteiger partial charge in [0.15, 0.2) is 0 Å². The highest BCUT2D eigenvalue weighted by molar-refractivity contribution is 5.76. The van der Waals surface area contributed by atoms with E-state index in [9.17, 15) is 9.18 Å². The molecule has 5 nitrogen and oxygen atoms in total. The number of halogens is 1. The van der Waals surface area contributed by atoms with E-state index in [1.807, 2.05) is 44.3 Å². The van der Waals surface area contributed by atoms with E-state index in [1.54, 1.807) is 17.0 Å². The zero-order valence-corrected chi connectivity index (χ0v) is 17.5. The van der Waals surface area contributed by atoms with Gasteiger partial charge in [-0.3, -0.25) is 9.89 Å². The lowest BCUT2D eigenvalue weighted by Gasteiger charge is -2.17. The van der Waals surface area contributed by atoms with Gasteiger partial charge in [0.2, 0.25) is 5.91 Å². The Morgan fingerprint density at radius 2 is 1.90 bits per heavy atom. The Morgan fingerprint density at radius 1 is 1.13 bits per heavy atom. The molecular formula is C24H28FN3O2. The number of rotatable bonds is 10. The Morgan fingerprint density at radius 3 is 2.67 bits per heavy atom. The molecule has 1 heterocycles. The molecule has 158 valence electrons. The van der Waals surface area contributed by atoms with Gasteiger partial charge in [-0.25, -0.2) is 4.39 Å². The molecule has 3 aromatic rings. The molecule has 0 bridgehead atoms. The minimum Gasteiger partial charge on any atom is -0.494 e. The lowest BCUT2D eigenvalue weighted by Crippen LogP contribution is -2.28. The predicted octanol–water partition coefficient (Wildman–Crippen LogP) is 4.64. The number of benzene rings is 2. The molecule has 3 rings (SSSR count). The van der Waals surface area contributed by atoms with E-state index in [2.05, 4.69) is 10.2 Å². The van der Waals surface area contributed by atoms with E-state index >= 15 is 0 Å². The summed E-state index contributed by atoms with van der Waals surface area (Å²) in [6, 6.07) is 16.1. The van der Waals surface area contributed by atoms with Crippen LogP contribution >= 0.6 is 0 Å². The summed E-state index contributed by atoms with van der Waals surface area (Å²) >= 11 is 0. The maximum atomic E-state index is 13.1. The highest BCUT2D eigenvalue weighted by Crippen LogP contribution is 2.20. The third-order valence-electron chi connectivity index (χ3n) is 5.02. The van der Waals surface area contributed by atoms with Gasteiger partial charge >= 0.3 is 0 Å². The van der Waals surface area contributed by atoms with E-state index in [0.29, 0.717) is 26.0 Å². The van der Waals surface area contributed by atoms with Gasteiger partial charge < -0.3 is 9.64 Å². The largest absolute Gasteiger partial charge is 0.494 e. The van der Waals surface area contributed by atoms with Crippen LogP contribution < -0.4 is 4.74 Å². The summed E-state index contributed by atoms with van der Waals surface area (Å²) in [4.78, 5) is 14.3. The summed E-state index contributed by atoms with van der Waals surface area (Å²) in [7, 11) is 1.84. The lowest BCUT2D eigenvalue weighted by atomic mass is 10.1. The van der Waals surface area contributed by atoms with Crippen LogP contribution in [-0.2, 0) is 17.6 Å². The Kier molecular flexibility index (Phi) is 7.60. The summed E-state index contributed by atoms with van der Waals surface area (Å²) in [6.07, 6.45) is 2.75. The molecule has 2 aromatic carbocycles. The van der Waals surface area contributed by atoms with Gasteiger partial charge in [0.05, 0.1) is 12.3 Å². The SMILES string of the molecule is CCOc1ccccc1CCC(=O)N(C)CCCc1cc(-c2ccc(F)cc2)n[nH]1. The van der Waals surface area contributed by atoms with Crippen LogP contribution in [0.15, 0.2) is 54.6 Å². The normalized spacial score (nSPS) is 10.8. The van der Waals surface area contributed by atoms with Crippen molar-refractivity contribution in [3.63, 3.8) is 0 Å². The van der Waals surface area contributed by atoms with Crippen molar-refractivity contribution in [1.29, 1.82) is 0 Å². The van der Waals surface area contributed by atoms with E-state index in [0.717, 1.165) is 41.1 Å². The summed E-state index contributed by atoms with van der Waals surface area (Å²) in [6.45, 7) is 3.25. The van der Waals surface area contributed by atoms with Crippen molar-refractivity contribution in [2.24, 2.45) is 0 Å². The first kappa shape index (κ1) is 21.6. The fraction of sp³-hybridized carbons (Fsp3) is 0.333. The highest BCUT2D eigenvalue weighted by atomic mass is 19.1. The molecule has 0 radical (unpaired) electrons. The number of aromatic amines is 1. The summed E-state index contributed by atoms with van der Waals surface area (Å²) in [5.74, 6) is 0.716. The van der Waals surface area contributed by atoms with Crippen LogP contribution in [0.5, 0.6) is 5.75 Å². The number of hydrogen-bond donors (Lipinski definition) is 1. The van der Waals surface area contributed by atoms with Crippen molar-refractivity contribution in [3.05, 3.63) is 71.7 Å². The summed E-state index contributed by atoms with van der Waals surface area (Å²) in [5.41, 5.74) is 3.73. The Hall–Kier alpha value is -3.15. The predicted molar refractivity (Wildman–Crippen MR) is 116 cm³/mol. The van der Waals surface area contributed by atoms with Crippen LogP contribution in [-0.4, -0.2) is 41.2 Å². The van der Waals surface area contributed by atoms with Crippen LogP contribution in [0.2, 0.25) is 0 Å². The van der Waals surface area contributed by atoms with Crippen LogP contribution in [0.3, 0.4) is 0 Å². The fourth-order valence-corrected chi connectivity index (χ4v) is 3.33. The molecule has 0 aliphatic heterocycles. The molecule has 6 heteroatoms. The molecule has 0 atom stereocenters. The van der Waals surface area contributed by atoms with E-state index in [4.69, 9.17) is 4.74 Å². The number of nitrogens with one attached hydrogen (secondary N) is 1. The minimum absolute atomic E-state index is 0.123. The van der Waals surface area contributed by atoms with Crippen molar-refractivity contribution in [3.8, 4) is 17.0 Å². The number of ether oxygens (including phenoxy) is 1. The Bertz CT molecular complexity index is 953. The third kappa shape index (κ3) is 5.92. The zero-order valence-electron chi connectivity index (χ0n) is 17.5. The number of H-pyrrole nitrogens is 1. The number of carbonyl (C=O) groups excluding carboxylic acids is 1. The smallest absolute Gasteiger partial charge is 0.222 e. The number of para-hydroxylation sites is 1. The Labute approximate surface area is 176 Å². The standard InChI is InChI=1S/C24H28FN3O2/c1-3-30-23-9-5-4-7-19(23)12-15-24(29)28(2)16-6-8-21-17-22(27-26-21)18-10-13-20(25)14-11-18/h4-5,7,9-11,13-14,17H,3,6,8,12,15-16H2,1-2H3,(H,26,27). The van der Waals surface area contributed by atoms with E-state index in [-0.39, 0.29) is 11.7 Å². The number of carbonyl (C=O) groups is 1. The molecule has 1 amide bonds. The Balaban J connectivity index is 1.44. The second-order valence-corrected chi connectivity index (χ2v) is 7.24. The lowest BCUT2D eigenvalue weighted by molar-refractivity contribution is -0.129. The summed E-state index contributed by atoms with van der Waals surface area (Å²) < 4.78 is 18.7. The molecule has 0 aliphatic carbocycles. The number of amides is 1. The molecule has 0 fully saturated rings. The maximum Gasteiger partial charge on any atom is 0.222 e. The van der Waals surface area contributed by atoms with Crippen LogP contribution in [0.4, 0.5) is 4.39 Å². The molecule has 30 heavy (non-hydrogen) atoms. The van der Waals surface area contributed by atoms with Gasteiger partial charge in [-0.1, -0.05) is 18.2 Å². The average Bonchev–Trinajstić information content (AvgIpc) is 3.22. The molecule has 0 saturated carbocycles. The molecule has 0 spiro atoms. The maximum absolute atomic E-state index is 13.1. The molecule has 1 aromatic heterocycles. The fourth-order valence-electron chi connectivity index (χ4n) is 3.33. The zero-order chi connectivity index (χ0) is 21.3. The number of nitrogens with zero attached hydrogens (tertiary/aromatic N) is 2. The first-order chi connectivity index (χ1) is 14.6. The quantitative estimate of drug-likeness (QED) is 0.531. The molecule has 0 unspecified atom stereocenters. The first-order valence-electron chi connectivity index (χ1n) is 10.3. The molecule has 0 aliphatic rings. The number of hydrogen-bond acceptors (Lipinski definition) is 3. The second kappa shape index (κ2) is 10.6. The van der Waals surface area contributed by atoms with Crippen LogP contribution in [0, 0.1) is 5.82 Å². The first-order valence-corrected chi connectivity index (χ1v) is 10.3. The highest BCUT2D eigenvalue weighted by Gasteiger charge is 2.11. The van der Waals surface area contributed by atoms with Crippen molar-refractivity contribution in [1.82, 2.24) is 15.1 Å². The van der Waals surface area contributed by atoms with Crippen molar-refractivity contribution in [2.45, 2.75) is 32.6 Å².